The third kappa shape index (κ3) is 7.74. The molecule has 10 heteroatoms. The number of hydrogen-bond acceptors (Lipinski definition) is 8. The molecule has 0 bridgehead atoms. The molecule has 4 aromatic rings. The van der Waals surface area contributed by atoms with Crippen LogP contribution in [0.25, 0.3) is 0 Å². The Bertz CT molecular complexity index is 1670. The summed E-state index contributed by atoms with van der Waals surface area (Å²) in [5.41, 5.74) is 3.15. The van der Waals surface area contributed by atoms with Gasteiger partial charge in [-0.2, -0.15) is 0 Å². The number of thiophene rings is 1. The van der Waals surface area contributed by atoms with Crippen molar-refractivity contribution in [1.29, 1.82) is 0 Å². The van der Waals surface area contributed by atoms with Crippen LogP contribution in [0.4, 0.5) is 10.7 Å². The lowest BCUT2D eigenvalue weighted by atomic mass is 9.96. The van der Waals surface area contributed by atoms with Gasteiger partial charge in [-0.15, -0.1) is 23.1 Å². The number of thioether (sulfide) groups is 1. The van der Waals surface area contributed by atoms with Gasteiger partial charge in [-0.05, 0) is 74.1 Å². The standard InChI is InChI=1S/C36H38N2O6S2/c1-4-44-36(41)30-26-18-10-5-6-11-21-29(26)46-35(30)38-34(40)32(23-14-8-7-9-15-23)45-25-17-12-16-24(22-25)37-33(39)31-27(42-2)19-13-20-28(31)43-3/h7-9,12-17,19-20,22,32H,4-6,10-11,18,21H2,1-3H3,(H,37,39)(H,38,40). The van der Waals surface area contributed by atoms with Crippen molar-refractivity contribution in [3.05, 3.63) is 99.9 Å². The van der Waals surface area contributed by atoms with Gasteiger partial charge in [-0.25, -0.2) is 4.79 Å². The molecule has 1 aliphatic rings. The zero-order valence-electron chi connectivity index (χ0n) is 26.2. The molecule has 0 saturated carbocycles. The fourth-order valence-electron chi connectivity index (χ4n) is 5.56. The number of amides is 2. The number of benzene rings is 3. The Morgan fingerprint density at radius 1 is 0.826 bits per heavy atom. The molecule has 1 aromatic heterocycles. The monoisotopic (exact) mass is 658 g/mol. The number of rotatable bonds is 11. The van der Waals surface area contributed by atoms with Crippen molar-refractivity contribution < 1.29 is 28.6 Å². The summed E-state index contributed by atoms with van der Waals surface area (Å²) in [4.78, 5) is 42.6. The molecule has 5 rings (SSSR count). The number of carbonyl (C=O) groups is 3. The Labute approximate surface area is 277 Å². The molecule has 0 spiro atoms. The number of methoxy groups -OCH3 is 2. The van der Waals surface area contributed by atoms with Gasteiger partial charge < -0.3 is 24.8 Å². The van der Waals surface area contributed by atoms with Crippen LogP contribution in [-0.4, -0.2) is 38.6 Å². The van der Waals surface area contributed by atoms with Gasteiger partial charge in [0.2, 0.25) is 5.91 Å². The van der Waals surface area contributed by atoms with Crippen LogP contribution in [0.5, 0.6) is 11.5 Å². The van der Waals surface area contributed by atoms with Crippen molar-refractivity contribution in [3.63, 3.8) is 0 Å². The molecule has 1 aliphatic carbocycles. The summed E-state index contributed by atoms with van der Waals surface area (Å²) < 4.78 is 16.3. The molecule has 0 saturated heterocycles. The highest BCUT2D eigenvalue weighted by atomic mass is 32.2. The minimum Gasteiger partial charge on any atom is -0.496 e. The summed E-state index contributed by atoms with van der Waals surface area (Å²) in [6, 6.07) is 22.0. The van der Waals surface area contributed by atoms with E-state index in [0.717, 1.165) is 59.4 Å². The summed E-state index contributed by atoms with van der Waals surface area (Å²) in [7, 11) is 3.00. The Hall–Kier alpha value is -4.28. The van der Waals surface area contributed by atoms with Crippen molar-refractivity contribution in [2.75, 3.05) is 31.5 Å². The van der Waals surface area contributed by atoms with E-state index in [9.17, 15) is 14.4 Å². The smallest absolute Gasteiger partial charge is 0.341 e. The first kappa shape index (κ1) is 33.1. The molecule has 1 heterocycles. The molecular weight excluding hydrogens is 621 g/mol. The van der Waals surface area contributed by atoms with Gasteiger partial charge in [-0.1, -0.05) is 55.3 Å². The highest BCUT2D eigenvalue weighted by Gasteiger charge is 2.29. The topological polar surface area (TPSA) is 103 Å². The van der Waals surface area contributed by atoms with Gasteiger partial charge >= 0.3 is 5.97 Å². The molecule has 0 radical (unpaired) electrons. The third-order valence-corrected chi connectivity index (χ3v) is 10.2. The normalized spacial score (nSPS) is 13.4. The predicted octanol–water partition coefficient (Wildman–Crippen LogP) is 8.33. The molecule has 46 heavy (non-hydrogen) atoms. The first-order valence-electron chi connectivity index (χ1n) is 15.4. The maximum atomic E-state index is 14.1. The second-order valence-electron chi connectivity index (χ2n) is 10.8. The van der Waals surface area contributed by atoms with Crippen LogP contribution in [0.3, 0.4) is 0 Å². The van der Waals surface area contributed by atoms with E-state index in [2.05, 4.69) is 10.6 Å². The minimum absolute atomic E-state index is 0.246. The lowest BCUT2D eigenvalue weighted by molar-refractivity contribution is -0.115. The largest absolute Gasteiger partial charge is 0.496 e. The Kier molecular flexibility index (Phi) is 11.4. The fraction of sp³-hybridized carbons (Fsp3) is 0.306. The van der Waals surface area contributed by atoms with E-state index in [1.807, 2.05) is 48.5 Å². The van der Waals surface area contributed by atoms with Crippen molar-refractivity contribution in [3.8, 4) is 11.5 Å². The lowest BCUT2D eigenvalue weighted by Crippen LogP contribution is -2.20. The number of esters is 1. The van der Waals surface area contributed by atoms with Gasteiger partial charge in [-0.3, -0.25) is 9.59 Å². The highest BCUT2D eigenvalue weighted by molar-refractivity contribution is 8.00. The number of anilines is 2. The van der Waals surface area contributed by atoms with Crippen molar-refractivity contribution in [2.45, 2.75) is 55.6 Å². The summed E-state index contributed by atoms with van der Waals surface area (Å²) in [5, 5.41) is 5.97. The van der Waals surface area contributed by atoms with Crippen LogP contribution >= 0.6 is 23.1 Å². The van der Waals surface area contributed by atoms with Crippen molar-refractivity contribution in [1.82, 2.24) is 0 Å². The second-order valence-corrected chi connectivity index (χ2v) is 13.0. The number of carbonyl (C=O) groups excluding carboxylic acids is 3. The van der Waals surface area contributed by atoms with Crippen LogP contribution in [0.2, 0.25) is 0 Å². The quantitative estimate of drug-likeness (QED) is 0.123. The molecule has 2 N–H and O–H groups in total. The summed E-state index contributed by atoms with van der Waals surface area (Å²) in [6.07, 6.45) is 6.03. The first-order valence-corrected chi connectivity index (χ1v) is 17.1. The molecule has 240 valence electrons. The SMILES string of the molecule is CCOC(=O)c1c(NC(=O)C(Sc2cccc(NC(=O)c3c(OC)cccc3OC)c2)c2ccccc2)sc2c1CCCCCC2. The number of nitrogens with one attached hydrogen (secondary N) is 2. The Balaban J connectivity index is 1.42. The number of fused-ring (bicyclic) bond motifs is 1. The van der Waals surface area contributed by atoms with Crippen molar-refractivity contribution >= 4 is 51.6 Å². The third-order valence-electron chi connectivity index (χ3n) is 7.73. The average molecular weight is 659 g/mol. The van der Waals surface area contributed by atoms with E-state index in [0.29, 0.717) is 27.8 Å². The van der Waals surface area contributed by atoms with Gasteiger partial charge in [0.1, 0.15) is 27.3 Å². The van der Waals surface area contributed by atoms with Gasteiger partial charge in [0.15, 0.2) is 0 Å². The summed E-state index contributed by atoms with van der Waals surface area (Å²) in [6.45, 7) is 2.05. The highest BCUT2D eigenvalue weighted by Crippen LogP contribution is 2.41. The average Bonchev–Trinajstić information content (AvgIpc) is 3.38. The van der Waals surface area contributed by atoms with E-state index >= 15 is 0 Å². The molecule has 8 nitrogen and oxygen atoms in total. The van der Waals surface area contributed by atoms with Gasteiger partial charge in [0.25, 0.3) is 5.91 Å². The fourth-order valence-corrected chi connectivity index (χ4v) is 7.92. The maximum Gasteiger partial charge on any atom is 0.341 e. The molecule has 1 atom stereocenters. The summed E-state index contributed by atoms with van der Waals surface area (Å²) >= 11 is 2.85. The minimum atomic E-state index is -0.638. The van der Waals surface area contributed by atoms with Crippen molar-refractivity contribution in [2.24, 2.45) is 0 Å². The molecule has 3 aromatic carbocycles. The van der Waals surface area contributed by atoms with Crippen LogP contribution in [0.15, 0.2) is 77.7 Å². The Morgan fingerprint density at radius 3 is 2.22 bits per heavy atom. The van der Waals surface area contributed by atoms with Gasteiger partial charge in [0, 0.05) is 15.5 Å². The van der Waals surface area contributed by atoms with Gasteiger partial charge in [0.05, 0.1) is 26.4 Å². The van der Waals surface area contributed by atoms with E-state index < -0.39 is 11.2 Å². The van der Waals surface area contributed by atoms with Crippen LogP contribution in [-0.2, 0) is 22.4 Å². The predicted molar refractivity (Wildman–Crippen MR) is 184 cm³/mol. The molecular formula is C36H38N2O6S2. The van der Waals surface area contributed by atoms with Crippen LogP contribution < -0.4 is 20.1 Å². The zero-order chi connectivity index (χ0) is 32.5. The maximum absolute atomic E-state index is 14.1. The number of hydrogen-bond donors (Lipinski definition) is 2. The van der Waals surface area contributed by atoms with E-state index in [-0.39, 0.29) is 24.0 Å². The molecule has 2 amide bonds. The van der Waals surface area contributed by atoms with E-state index in [1.54, 1.807) is 31.2 Å². The lowest BCUT2D eigenvalue weighted by Gasteiger charge is -2.18. The van der Waals surface area contributed by atoms with E-state index in [1.165, 1.54) is 37.3 Å². The molecule has 0 aliphatic heterocycles. The first-order chi connectivity index (χ1) is 22.4. The number of ether oxygens (including phenoxy) is 3. The van der Waals surface area contributed by atoms with E-state index in [4.69, 9.17) is 14.2 Å². The molecule has 1 unspecified atom stereocenters. The second kappa shape index (κ2) is 15.8. The number of aryl methyl sites for hydroxylation is 1. The summed E-state index contributed by atoms with van der Waals surface area (Å²) in [5.74, 6) is -0.230. The Morgan fingerprint density at radius 2 is 1.52 bits per heavy atom. The van der Waals surface area contributed by atoms with Crippen LogP contribution in [0, 0.1) is 0 Å². The molecule has 0 fully saturated rings. The zero-order valence-corrected chi connectivity index (χ0v) is 27.9. The van der Waals surface area contributed by atoms with Crippen LogP contribution in [0.1, 0.15) is 74.6 Å².